The fourth-order valence-corrected chi connectivity index (χ4v) is 1.65. The van der Waals surface area contributed by atoms with Gasteiger partial charge in [0.2, 0.25) is 5.89 Å². The Morgan fingerprint density at radius 1 is 1.42 bits per heavy atom. The van der Waals surface area contributed by atoms with E-state index in [1.807, 2.05) is 6.92 Å². The smallest absolute Gasteiger partial charge is 0.232 e. The number of nitrogens with zero attached hydrogens (tertiary/aromatic N) is 1. The van der Waals surface area contributed by atoms with Crippen molar-refractivity contribution in [2.45, 2.75) is 27.4 Å². The van der Waals surface area contributed by atoms with Crippen LogP contribution in [0.4, 0.5) is 4.39 Å². The zero-order valence-electron chi connectivity index (χ0n) is 11.0. The van der Waals surface area contributed by atoms with Gasteiger partial charge in [0, 0.05) is 6.07 Å². The molecule has 1 aromatic carbocycles. The van der Waals surface area contributed by atoms with Gasteiger partial charge in [-0.3, -0.25) is 4.79 Å². The third kappa shape index (κ3) is 2.99. The second-order valence-corrected chi connectivity index (χ2v) is 4.23. The van der Waals surface area contributed by atoms with Crippen molar-refractivity contribution in [3.63, 3.8) is 0 Å². The molecule has 0 saturated heterocycles. The SMILES string of the molecule is CC(=O)c1ccc(F)cc1OCc1nc(C)c(C)o1. The number of carbonyl (C=O) groups excluding carboxylic acids is 1. The molecule has 0 unspecified atom stereocenters. The maximum absolute atomic E-state index is 13.2. The van der Waals surface area contributed by atoms with Crippen molar-refractivity contribution in [1.29, 1.82) is 0 Å². The number of ether oxygens (including phenoxy) is 1. The minimum Gasteiger partial charge on any atom is -0.483 e. The van der Waals surface area contributed by atoms with Gasteiger partial charge >= 0.3 is 0 Å². The van der Waals surface area contributed by atoms with Crippen molar-refractivity contribution in [2.75, 3.05) is 0 Å². The first-order valence-corrected chi connectivity index (χ1v) is 5.83. The maximum atomic E-state index is 13.2. The zero-order chi connectivity index (χ0) is 14.0. The van der Waals surface area contributed by atoms with Gasteiger partial charge in [0.25, 0.3) is 0 Å². The van der Waals surface area contributed by atoms with E-state index in [-0.39, 0.29) is 18.1 Å². The van der Waals surface area contributed by atoms with Gasteiger partial charge in [-0.2, -0.15) is 0 Å². The summed E-state index contributed by atoms with van der Waals surface area (Å²) in [7, 11) is 0. The van der Waals surface area contributed by atoms with Crippen LogP contribution in [0.15, 0.2) is 22.6 Å². The summed E-state index contributed by atoms with van der Waals surface area (Å²) in [5.41, 5.74) is 1.12. The average molecular weight is 263 g/mol. The predicted octanol–water partition coefficient (Wildman–Crippen LogP) is 3.21. The van der Waals surface area contributed by atoms with Gasteiger partial charge in [-0.1, -0.05) is 0 Å². The maximum Gasteiger partial charge on any atom is 0.232 e. The largest absolute Gasteiger partial charge is 0.483 e. The molecular weight excluding hydrogens is 249 g/mol. The lowest BCUT2D eigenvalue weighted by molar-refractivity contribution is 0.101. The van der Waals surface area contributed by atoms with Crippen LogP contribution in [0.25, 0.3) is 0 Å². The van der Waals surface area contributed by atoms with Gasteiger partial charge in [-0.05, 0) is 32.9 Å². The van der Waals surface area contributed by atoms with E-state index in [2.05, 4.69) is 4.98 Å². The summed E-state index contributed by atoms with van der Waals surface area (Å²) in [5.74, 6) is 0.661. The summed E-state index contributed by atoms with van der Waals surface area (Å²) in [6.07, 6.45) is 0. The summed E-state index contributed by atoms with van der Waals surface area (Å²) in [6, 6.07) is 3.81. The summed E-state index contributed by atoms with van der Waals surface area (Å²) in [4.78, 5) is 15.6. The Morgan fingerprint density at radius 2 is 2.16 bits per heavy atom. The fourth-order valence-electron chi connectivity index (χ4n) is 1.65. The number of hydrogen-bond donors (Lipinski definition) is 0. The number of aryl methyl sites for hydroxylation is 2. The molecule has 0 bridgehead atoms. The van der Waals surface area contributed by atoms with E-state index in [4.69, 9.17) is 9.15 Å². The monoisotopic (exact) mass is 263 g/mol. The molecule has 0 radical (unpaired) electrons. The molecule has 19 heavy (non-hydrogen) atoms. The highest BCUT2D eigenvalue weighted by Crippen LogP contribution is 2.22. The molecule has 0 aliphatic rings. The normalized spacial score (nSPS) is 10.5. The number of rotatable bonds is 4. The molecule has 4 nitrogen and oxygen atoms in total. The van der Waals surface area contributed by atoms with Crippen molar-refractivity contribution in [1.82, 2.24) is 4.98 Å². The van der Waals surface area contributed by atoms with Crippen LogP contribution in [0.5, 0.6) is 5.75 Å². The second-order valence-electron chi connectivity index (χ2n) is 4.23. The highest BCUT2D eigenvalue weighted by molar-refractivity contribution is 5.96. The number of ketones is 1. The van der Waals surface area contributed by atoms with E-state index >= 15 is 0 Å². The Morgan fingerprint density at radius 3 is 2.74 bits per heavy atom. The standard InChI is InChI=1S/C14H14FNO3/c1-8-10(3)19-14(16-8)7-18-13-6-11(15)4-5-12(13)9(2)17/h4-6H,7H2,1-3H3. The Bertz CT molecular complexity index is 600. The van der Waals surface area contributed by atoms with E-state index in [0.29, 0.717) is 17.2 Å². The lowest BCUT2D eigenvalue weighted by Crippen LogP contribution is -2.02. The van der Waals surface area contributed by atoms with Gasteiger partial charge in [0.1, 0.15) is 17.3 Å². The number of hydrogen-bond acceptors (Lipinski definition) is 4. The van der Waals surface area contributed by atoms with Crippen LogP contribution in [-0.2, 0) is 6.61 Å². The summed E-state index contributed by atoms with van der Waals surface area (Å²) in [5, 5.41) is 0. The zero-order valence-corrected chi connectivity index (χ0v) is 11.0. The molecule has 1 heterocycles. The Labute approximate surface area is 110 Å². The van der Waals surface area contributed by atoms with Crippen LogP contribution in [-0.4, -0.2) is 10.8 Å². The highest BCUT2D eigenvalue weighted by atomic mass is 19.1. The number of carbonyl (C=O) groups is 1. The average Bonchev–Trinajstić information content (AvgIpc) is 2.66. The molecule has 1 aromatic heterocycles. The number of oxazole rings is 1. The Hall–Kier alpha value is -2.17. The van der Waals surface area contributed by atoms with E-state index in [1.165, 1.54) is 25.1 Å². The van der Waals surface area contributed by atoms with Crippen LogP contribution >= 0.6 is 0 Å². The van der Waals surface area contributed by atoms with E-state index in [9.17, 15) is 9.18 Å². The number of benzene rings is 1. The molecular formula is C14H14FNO3. The molecule has 100 valence electrons. The lowest BCUT2D eigenvalue weighted by Gasteiger charge is -2.08. The molecule has 0 aliphatic carbocycles. The molecule has 0 N–H and O–H groups in total. The number of aromatic nitrogens is 1. The van der Waals surface area contributed by atoms with Crippen LogP contribution in [0.1, 0.15) is 34.6 Å². The molecule has 0 spiro atoms. The molecule has 0 aliphatic heterocycles. The van der Waals surface area contributed by atoms with Crippen LogP contribution < -0.4 is 4.74 Å². The summed E-state index contributed by atoms with van der Waals surface area (Å²) >= 11 is 0. The molecule has 0 fully saturated rings. The van der Waals surface area contributed by atoms with Gasteiger partial charge in [0.15, 0.2) is 12.4 Å². The fraction of sp³-hybridized carbons (Fsp3) is 0.286. The minimum atomic E-state index is -0.459. The number of halogens is 1. The molecule has 5 heteroatoms. The van der Waals surface area contributed by atoms with E-state index < -0.39 is 5.82 Å². The van der Waals surface area contributed by atoms with Gasteiger partial charge in [-0.25, -0.2) is 9.37 Å². The van der Waals surface area contributed by atoms with Crippen molar-refractivity contribution >= 4 is 5.78 Å². The van der Waals surface area contributed by atoms with Crippen molar-refractivity contribution < 1.29 is 18.3 Å². The van der Waals surface area contributed by atoms with Crippen LogP contribution in [0.2, 0.25) is 0 Å². The summed E-state index contributed by atoms with van der Waals surface area (Å²) in [6.45, 7) is 5.08. The van der Waals surface area contributed by atoms with Crippen LogP contribution in [0.3, 0.4) is 0 Å². The minimum absolute atomic E-state index is 0.0540. The third-order valence-corrected chi connectivity index (χ3v) is 2.75. The molecule has 0 amide bonds. The quantitative estimate of drug-likeness (QED) is 0.795. The van der Waals surface area contributed by atoms with Crippen molar-refractivity contribution in [3.8, 4) is 5.75 Å². The first-order chi connectivity index (χ1) is 8.97. The topological polar surface area (TPSA) is 52.3 Å². The Balaban J connectivity index is 2.19. The highest BCUT2D eigenvalue weighted by Gasteiger charge is 2.12. The first-order valence-electron chi connectivity index (χ1n) is 5.83. The van der Waals surface area contributed by atoms with Gasteiger partial charge < -0.3 is 9.15 Å². The number of Topliss-reactive ketones (excluding diaryl/α,β-unsaturated/α-hetero) is 1. The summed E-state index contributed by atoms with van der Waals surface area (Å²) < 4.78 is 23.9. The molecule has 0 atom stereocenters. The predicted molar refractivity (Wildman–Crippen MR) is 66.7 cm³/mol. The Kier molecular flexibility index (Phi) is 3.64. The van der Waals surface area contributed by atoms with E-state index in [0.717, 1.165) is 5.69 Å². The van der Waals surface area contributed by atoms with E-state index in [1.54, 1.807) is 6.92 Å². The van der Waals surface area contributed by atoms with Crippen molar-refractivity contribution in [2.24, 2.45) is 0 Å². The molecule has 2 rings (SSSR count). The van der Waals surface area contributed by atoms with Crippen molar-refractivity contribution in [3.05, 3.63) is 46.9 Å². The molecule has 2 aromatic rings. The first kappa shape index (κ1) is 13.3. The van der Waals surface area contributed by atoms with Crippen LogP contribution in [0, 0.1) is 19.7 Å². The lowest BCUT2D eigenvalue weighted by atomic mass is 10.1. The van der Waals surface area contributed by atoms with Gasteiger partial charge in [0.05, 0.1) is 11.3 Å². The molecule has 0 saturated carbocycles. The third-order valence-electron chi connectivity index (χ3n) is 2.75. The van der Waals surface area contributed by atoms with Gasteiger partial charge in [-0.15, -0.1) is 0 Å². The second kappa shape index (κ2) is 5.22.